The number of hydrogen-bond acceptors (Lipinski definition) is 4. The molecule has 1 aliphatic heterocycles. The van der Waals surface area contributed by atoms with Crippen molar-refractivity contribution in [2.75, 3.05) is 40.0 Å². The molecule has 0 aliphatic carbocycles. The molecule has 0 radical (unpaired) electrons. The molecule has 1 atom stereocenters. The van der Waals surface area contributed by atoms with Crippen molar-refractivity contribution >= 4 is 5.91 Å². The summed E-state index contributed by atoms with van der Waals surface area (Å²) in [6, 6.07) is 0. The van der Waals surface area contributed by atoms with Gasteiger partial charge in [0.15, 0.2) is 0 Å². The monoisotopic (exact) mass is 231 g/mol. The molecule has 1 fully saturated rings. The van der Waals surface area contributed by atoms with E-state index >= 15 is 0 Å². The van der Waals surface area contributed by atoms with E-state index in [4.69, 9.17) is 9.47 Å². The number of aliphatic hydroxyl groups excluding tert-OH is 1. The van der Waals surface area contributed by atoms with Gasteiger partial charge in [-0.3, -0.25) is 4.79 Å². The Morgan fingerprint density at radius 3 is 2.75 bits per heavy atom. The zero-order valence-corrected chi connectivity index (χ0v) is 9.85. The first-order valence-corrected chi connectivity index (χ1v) is 5.79. The molecule has 0 aromatic heterocycles. The summed E-state index contributed by atoms with van der Waals surface area (Å²) in [7, 11) is 1.65. The van der Waals surface area contributed by atoms with E-state index in [2.05, 4.69) is 0 Å². The Labute approximate surface area is 96.3 Å². The van der Waals surface area contributed by atoms with Gasteiger partial charge >= 0.3 is 0 Å². The largest absolute Gasteiger partial charge is 0.385 e. The molecule has 0 saturated carbocycles. The Hall–Kier alpha value is -0.650. The number of amides is 1. The molecule has 1 unspecified atom stereocenters. The van der Waals surface area contributed by atoms with Crippen molar-refractivity contribution in [2.24, 2.45) is 0 Å². The van der Waals surface area contributed by atoms with Crippen molar-refractivity contribution in [3.63, 3.8) is 0 Å². The minimum Gasteiger partial charge on any atom is -0.385 e. The fourth-order valence-electron chi connectivity index (χ4n) is 1.70. The van der Waals surface area contributed by atoms with E-state index in [1.807, 2.05) is 0 Å². The molecule has 0 aromatic carbocycles. The summed E-state index contributed by atoms with van der Waals surface area (Å²) in [5.74, 6) is -0.166. The molecule has 16 heavy (non-hydrogen) atoms. The van der Waals surface area contributed by atoms with Crippen LogP contribution >= 0.6 is 0 Å². The maximum atomic E-state index is 11.8. The molecule has 0 aromatic rings. The lowest BCUT2D eigenvalue weighted by atomic mass is 10.1. The number of aliphatic hydroxyl groups is 1. The molecule has 5 heteroatoms. The van der Waals surface area contributed by atoms with E-state index in [1.165, 1.54) is 0 Å². The molecule has 1 aliphatic rings. The molecule has 1 amide bonds. The lowest BCUT2D eigenvalue weighted by Crippen LogP contribution is -2.45. The fraction of sp³-hybridized carbons (Fsp3) is 0.909. The minimum atomic E-state index is -0.866. The zero-order chi connectivity index (χ0) is 11.8. The molecule has 0 bridgehead atoms. The van der Waals surface area contributed by atoms with E-state index in [0.717, 1.165) is 12.8 Å². The van der Waals surface area contributed by atoms with Gasteiger partial charge < -0.3 is 19.5 Å². The Bertz CT molecular complexity index is 204. The lowest BCUT2D eigenvalue weighted by molar-refractivity contribution is -0.144. The van der Waals surface area contributed by atoms with Crippen molar-refractivity contribution in [2.45, 2.75) is 25.4 Å². The summed E-state index contributed by atoms with van der Waals surface area (Å²) >= 11 is 0. The van der Waals surface area contributed by atoms with E-state index < -0.39 is 6.10 Å². The number of nitrogens with zero attached hydrogens (tertiary/aromatic N) is 1. The summed E-state index contributed by atoms with van der Waals surface area (Å²) in [6.45, 7) is 3.00. The highest BCUT2D eigenvalue weighted by Gasteiger charge is 2.23. The Kier molecular flexibility index (Phi) is 6.37. The number of morpholine rings is 1. The smallest absolute Gasteiger partial charge is 0.251 e. The Morgan fingerprint density at radius 2 is 2.12 bits per heavy atom. The molecular formula is C11H21NO4. The van der Waals surface area contributed by atoms with Crippen LogP contribution < -0.4 is 0 Å². The fourth-order valence-corrected chi connectivity index (χ4v) is 1.70. The number of carbonyl (C=O) groups is 1. The second-order valence-corrected chi connectivity index (χ2v) is 3.94. The summed E-state index contributed by atoms with van der Waals surface area (Å²) in [6.07, 6.45) is 1.34. The van der Waals surface area contributed by atoms with E-state index in [-0.39, 0.29) is 5.91 Å². The second-order valence-electron chi connectivity index (χ2n) is 3.94. The molecule has 1 N–H and O–H groups in total. The predicted octanol–water partition coefficient (Wildman–Crippen LogP) is 0.0228. The van der Waals surface area contributed by atoms with Gasteiger partial charge in [-0.1, -0.05) is 0 Å². The van der Waals surface area contributed by atoms with Crippen LogP contribution in [0.25, 0.3) is 0 Å². The van der Waals surface area contributed by atoms with Crippen LogP contribution in [0.4, 0.5) is 0 Å². The van der Waals surface area contributed by atoms with Crippen LogP contribution in [0.3, 0.4) is 0 Å². The summed E-state index contributed by atoms with van der Waals surface area (Å²) in [5, 5.41) is 9.70. The highest BCUT2D eigenvalue weighted by molar-refractivity contribution is 5.80. The first kappa shape index (κ1) is 13.4. The third-order valence-electron chi connectivity index (χ3n) is 2.68. The normalized spacial score (nSPS) is 18.5. The van der Waals surface area contributed by atoms with Crippen LogP contribution in [0.1, 0.15) is 19.3 Å². The molecule has 94 valence electrons. The van der Waals surface area contributed by atoms with Gasteiger partial charge in [0.1, 0.15) is 6.10 Å². The number of rotatable bonds is 6. The van der Waals surface area contributed by atoms with Crippen molar-refractivity contribution in [1.29, 1.82) is 0 Å². The molecule has 0 spiro atoms. The van der Waals surface area contributed by atoms with Crippen molar-refractivity contribution < 1.29 is 19.4 Å². The van der Waals surface area contributed by atoms with Gasteiger partial charge in [0.2, 0.25) is 0 Å². The topological polar surface area (TPSA) is 59.0 Å². The summed E-state index contributed by atoms with van der Waals surface area (Å²) in [5.41, 5.74) is 0. The van der Waals surface area contributed by atoms with Crippen LogP contribution in [0.5, 0.6) is 0 Å². The zero-order valence-electron chi connectivity index (χ0n) is 9.85. The number of carbonyl (C=O) groups excluding carboxylic acids is 1. The summed E-state index contributed by atoms with van der Waals surface area (Å²) in [4.78, 5) is 13.4. The first-order chi connectivity index (χ1) is 7.75. The van der Waals surface area contributed by atoms with E-state index in [1.54, 1.807) is 12.0 Å². The average Bonchev–Trinajstić information content (AvgIpc) is 2.34. The predicted molar refractivity (Wildman–Crippen MR) is 59.1 cm³/mol. The number of ether oxygens (including phenoxy) is 2. The van der Waals surface area contributed by atoms with Crippen LogP contribution in [-0.2, 0) is 14.3 Å². The van der Waals surface area contributed by atoms with Crippen molar-refractivity contribution in [3.8, 4) is 0 Å². The molecular weight excluding hydrogens is 210 g/mol. The van der Waals surface area contributed by atoms with Gasteiger partial charge in [0.25, 0.3) is 5.91 Å². The second kappa shape index (κ2) is 7.60. The Balaban J connectivity index is 2.18. The van der Waals surface area contributed by atoms with Gasteiger partial charge in [0, 0.05) is 26.8 Å². The molecule has 5 nitrogen and oxygen atoms in total. The van der Waals surface area contributed by atoms with Gasteiger partial charge in [0.05, 0.1) is 13.2 Å². The lowest BCUT2D eigenvalue weighted by Gasteiger charge is -2.28. The van der Waals surface area contributed by atoms with Crippen molar-refractivity contribution in [1.82, 2.24) is 4.90 Å². The standard InChI is InChI=1S/C11H21NO4/c1-15-7-3-2-4-10(13)11(14)12-5-8-16-9-6-12/h10,13H,2-9H2,1H3. The number of methoxy groups -OCH3 is 1. The van der Waals surface area contributed by atoms with Crippen LogP contribution in [0, 0.1) is 0 Å². The van der Waals surface area contributed by atoms with Gasteiger partial charge in [-0.25, -0.2) is 0 Å². The molecule has 1 rings (SSSR count). The maximum absolute atomic E-state index is 11.8. The van der Waals surface area contributed by atoms with Gasteiger partial charge in [-0.05, 0) is 19.3 Å². The maximum Gasteiger partial charge on any atom is 0.251 e. The van der Waals surface area contributed by atoms with Crippen LogP contribution in [0.2, 0.25) is 0 Å². The average molecular weight is 231 g/mol. The first-order valence-electron chi connectivity index (χ1n) is 5.79. The van der Waals surface area contributed by atoms with Crippen molar-refractivity contribution in [3.05, 3.63) is 0 Å². The number of unbranched alkanes of at least 4 members (excludes halogenated alkanes) is 1. The molecule has 1 heterocycles. The van der Waals surface area contributed by atoms with Gasteiger partial charge in [-0.15, -0.1) is 0 Å². The minimum absolute atomic E-state index is 0.166. The number of hydrogen-bond donors (Lipinski definition) is 1. The van der Waals surface area contributed by atoms with E-state index in [0.29, 0.717) is 39.3 Å². The van der Waals surface area contributed by atoms with E-state index in [9.17, 15) is 9.90 Å². The Morgan fingerprint density at radius 1 is 1.44 bits per heavy atom. The van der Waals surface area contributed by atoms with Crippen LogP contribution in [0.15, 0.2) is 0 Å². The van der Waals surface area contributed by atoms with Gasteiger partial charge in [-0.2, -0.15) is 0 Å². The third kappa shape index (κ3) is 4.47. The quantitative estimate of drug-likeness (QED) is 0.655. The molecule has 1 saturated heterocycles. The van der Waals surface area contributed by atoms with Crippen LogP contribution in [-0.4, -0.2) is 62.0 Å². The SMILES string of the molecule is COCCCCC(O)C(=O)N1CCOCC1. The highest BCUT2D eigenvalue weighted by atomic mass is 16.5. The third-order valence-corrected chi connectivity index (χ3v) is 2.68. The highest BCUT2D eigenvalue weighted by Crippen LogP contribution is 2.07. The summed E-state index contributed by atoms with van der Waals surface area (Å²) < 4.78 is 10.1.